The smallest absolute Gasteiger partial charge is 0.341 e. The number of esters is 1. The molecule has 0 fully saturated rings. The zero-order valence-corrected chi connectivity index (χ0v) is 3.39. The molecule has 0 saturated heterocycles. The van der Waals surface area contributed by atoms with E-state index in [1.807, 2.05) is 0 Å². The Balaban J connectivity index is 0.000000360. The second kappa shape index (κ2) is 1.93. The summed E-state index contributed by atoms with van der Waals surface area (Å²) in [5, 5.41) is 0. The van der Waals surface area contributed by atoms with E-state index in [4.69, 9.17) is 0 Å². The van der Waals surface area contributed by atoms with Crippen molar-refractivity contribution in [1.29, 1.82) is 0 Å². The summed E-state index contributed by atoms with van der Waals surface area (Å²) in [4.78, 5) is 9.94. The summed E-state index contributed by atoms with van der Waals surface area (Å²) in [5.41, 5.74) is 0.704. The van der Waals surface area contributed by atoms with E-state index < -0.39 is 0 Å². The zero-order valence-electron chi connectivity index (χ0n) is 3.39. The van der Waals surface area contributed by atoms with Gasteiger partial charge >= 0.3 is 5.97 Å². The van der Waals surface area contributed by atoms with Crippen molar-refractivity contribution in [2.45, 2.75) is 6.92 Å². The van der Waals surface area contributed by atoms with Crippen LogP contribution in [-0.2, 0) is 9.53 Å². The highest BCUT2D eigenvalue weighted by atomic mass is 28.1. The number of hydrogen-bond acceptors (Lipinski definition) is 2. The fraction of sp³-hybridized carbons (Fsp3) is 0.250. The third-order valence-electron chi connectivity index (χ3n) is 0.665. The van der Waals surface area contributed by atoms with E-state index in [1.165, 1.54) is 6.26 Å². The molecule has 40 valence electrons. The molecular formula is C4H8O2Si. The van der Waals surface area contributed by atoms with Gasteiger partial charge in [-0.3, -0.25) is 0 Å². The van der Waals surface area contributed by atoms with Gasteiger partial charge in [-0.1, -0.05) is 0 Å². The van der Waals surface area contributed by atoms with Crippen molar-refractivity contribution in [3.63, 3.8) is 0 Å². The van der Waals surface area contributed by atoms with Gasteiger partial charge in [0.25, 0.3) is 0 Å². The topological polar surface area (TPSA) is 26.3 Å². The molecule has 1 aliphatic rings. The van der Waals surface area contributed by atoms with Crippen molar-refractivity contribution in [2.75, 3.05) is 0 Å². The average Bonchev–Trinajstić information content (AvgIpc) is 1.61. The highest BCUT2D eigenvalue weighted by Gasteiger charge is 2.12. The second-order valence-corrected chi connectivity index (χ2v) is 1.21. The number of ether oxygens (including phenoxy) is 1. The SMILES string of the molecule is CC1=COC1=O.[SiH4]. The molecule has 0 bridgehead atoms. The molecule has 2 nitrogen and oxygen atoms in total. The quantitative estimate of drug-likeness (QED) is 0.299. The Morgan fingerprint density at radius 1 is 1.71 bits per heavy atom. The minimum Gasteiger partial charge on any atom is -0.430 e. The molecular weight excluding hydrogens is 108 g/mol. The van der Waals surface area contributed by atoms with E-state index in [9.17, 15) is 4.79 Å². The molecule has 0 unspecified atom stereocenters. The number of hydrogen-bond donors (Lipinski definition) is 0. The Kier molecular flexibility index (Phi) is 1.77. The summed E-state index contributed by atoms with van der Waals surface area (Å²) in [6.07, 6.45) is 1.43. The van der Waals surface area contributed by atoms with Crippen LogP contribution in [0.2, 0.25) is 0 Å². The standard InChI is InChI=1S/C4H4O2.H4Si/c1-3-2-6-4(3)5;/h2H,1H3;1H4. The number of cyclic esters (lactones) is 1. The molecule has 0 N–H and O–H groups in total. The predicted octanol–water partition coefficient (Wildman–Crippen LogP) is -1.00. The van der Waals surface area contributed by atoms with Crippen molar-refractivity contribution >= 4 is 16.9 Å². The van der Waals surface area contributed by atoms with Crippen molar-refractivity contribution in [3.8, 4) is 0 Å². The monoisotopic (exact) mass is 116 g/mol. The molecule has 0 aliphatic carbocycles. The van der Waals surface area contributed by atoms with Crippen LogP contribution in [-0.4, -0.2) is 16.9 Å². The molecule has 0 aromatic carbocycles. The van der Waals surface area contributed by atoms with E-state index in [1.54, 1.807) is 6.92 Å². The Morgan fingerprint density at radius 3 is 2.14 bits per heavy atom. The molecule has 7 heavy (non-hydrogen) atoms. The summed E-state index contributed by atoms with van der Waals surface area (Å²) in [6, 6.07) is 0. The first kappa shape index (κ1) is 6.43. The van der Waals surface area contributed by atoms with Crippen LogP contribution in [0.4, 0.5) is 0 Å². The summed E-state index contributed by atoms with van der Waals surface area (Å²) >= 11 is 0. The lowest BCUT2D eigenvalue weighted by atomic mass is 10.3. The maximum atomic E-state index is 9.94. The second-order valence-electron chi connectivity index (χ2n) is 1.21. The molecule has 0 atom stereocenters. The van der Waals surface area contributed by atoms with Gasteiger partial charge in [-0.05, 0) is 17.9 Å². The van der Waals surface area contributed by atoms with Crippen LogP contribution < -0.4 is 0 Å². The van der Waals surface area contributed by atoms with Crippen molar-refractivity contribution in [2.24, 2.45) is 0 Å². The molecule has 0 saturated carbocycles. The van der Waals surface area contributed by atoms with Crippen LogP contribution >= 0.6 is 0 Å². The van der Waals surface area contributed by atoms with Crippen molar-refractivity contribution in [3.05, 3.63) is 11.8 Å². The predicted molar refractivity (Wildman–Crippen MR) is 31.2 cm³/mol. The van der Waals surface area contributed by atoms with E-state index in [0.29, 0.717) is 5.57 Å². The Hall–Kier alpha value is -0.573. The Bertz CT molecular complexity index is 117. The van der Waals surface area contributed by atoms with Crippen molar-refractivity contribution < 1.29 is 9.53 Å². The van der Waals surface area contributed by atoms with Crippen LogP contribution in [0.15, 0.2) is 11.8 Å². The van der Waals surface area contributed by atoms with Gasteiger partial charge in [0.1, 0.15) is 6.26 Å². The molecule has 0 spiro atoms. The number of carbonyl (C=O) groups is 1. The molecule has 0 radical (unpaired) electrons. The lowest BCUT2D eigenvalue weighted by molar-refractivity contribution is -0.138. The highest BCUT2D eigenvalue weighted by Crippen LogP contribution is 2.06. The summed E-state index contributed by atoms with van der Waals surface area (Å²) in [6.45, 7) is 1.71. The minimum absolute atomic E-state index is 0. The van der Waals surface area contributed by atoms with E-state index in [-0.39, 0.29) is 16.9 Å². The lowest BCUT2D eigenvalue weighted by Gasteiger charge is -2.05. The fourth-order valence-electron chi connectivity index (χ4n) is 0.225. The minimum atomic E-state index is -0.199. The zero-order chi connectivity index (χ0) is 4.57. The average molecular weight is 116 g/mol. The number of carbonyl (C=O) groups excluding carboxylic acids is 1. The largest absolute Gasteiger partial charge is 0.430 e. The van der Waals surface area contributed by atoms with Crippen LogP contribution in [0, 0.1) is 0 Å². The van der Waals surface area contributed by atoms with Gasteiger partial charge in [0.15, 0.2) is 0 Å². The van der Waals surface area contributed by atoms with Gasteiger partial charge in [0, 0.05) is 0 Å². The summed E-state index contributed by atoms with van der Waals surface area (Å²) in [7, 11) is 0. The molecule has 1 heterocycles. The first-order chi connectivity index (χ1) is 2.80. The molecule has 1 aliphatic heterocycles. The van der Waals surface area contributed by atoms with Gasteiger partial charge in [-0.15, -0.1) is 0 Å². The molecule has 3 heteroatoms. The van der Waals surface area contributed by atoms with Gasteiger partial charge in [0.05, 0.1) is 5.57 Å². The van der Waals surface area contributed by atoms with Gasteiger partial charge in [-0.2, -0.15) is 0 Å². The maximum Gasteiger partial charge on any atom is 0.341 e. The van der Waals surface area contributed by atoms with Gasteiger partial charge in [0.2, 0.25) is 0 Å². The number of rotatable bonds is 0. The first-order valence-electron chi connectivity index (χ1n) is 1.68. The van der Waals surface area contributed by atoms with Crippen LogP contribution in [0.3, 0.4) is 0 Å². The Morgan fingerprint density at radius 2 is 2.14 bits per heavy atom. The Labute approximate surface area is 46.2 Å². The van der Waals surface area contributed by atoms with E-state index in [0.717, 1.165) is 0 Å². The molecule has 1 rings (SSSR count). The molecule has 0 aromatic heterocycles. The van der Waals surface area contributed by atoms with Gasteiger partial charge in [-0.25, -0.2) is 4.79 Å². The third-order valence-corrected chi connectivity index (χ3v) is 0.665. The molecule has 0 aromatic rings. The summed E-state index contributed by atoms with van der Waals surface area (Å²) in [5.74, 6) is -0.199. The fourth-order valence-corrected chi connectivity index (χ4v) is 0.225. The lowest BCUT2D eigenvalue weighted by Crippen LogP contribution is -2.10. The van der Waals surface area contributed by atoms with Crippen LogP contribution in [0.5, 0.6) is 0 Å². The van der Waals surface area contributed by atoms with E-state index >= 15 is 0 Å². The van der Waals surface area contributed by atoms with E-state index in [2.05, 4.69) is 4.74 Å². The van der Waals surface area contributed by atoms with Crippen molar-refractivity contribution in [1.82, 2.24) is 0 Å². The van der Waals surface area contributed by atoms with Gasteiger partial charge < -0.3 is 4.74 Å². The highest BCUT2D eigenvalue weighted by molar-refractivity contribution is 5.92. The third kappa shape index (κ3) is 0.897. The molecule has 0 amide bonds. The first-order valence-corrected chi connectivity index (χ1v) is 1.68. The maximum absolute atomic E-state index is 9.94. The normalized spacial score (nSPS) is 15.6. The summed E-state index contributed by atoms with van der Waals surface area (Å²) < 4.78 is 4.24. The van der Waals surface area contributed by atoms with Crippen LogP contribution in [0.25, 0.3) is 0 Å². The van der Waals surface area contributed by atoms with Crippen LogP contribution in [0.1, 0.15) is 6.92 Å².